The molecule has 2 aromatic rings. The lowest BCUT2D eigenvalue weighted by Crippen LogP contribution is -2.16. The highest BCUT2D eigenvalue weighted by molar-refractivity contribution is 8.00. The van der Waals surface area contributed by atoms with Gasteiger partial charge in [0.05, 0.1) is 5.75 Å². The Morgan fingerprint density at radius 2 is 2.00 bits per heavy atom. The Labute approximate surface area is 128 Å². The van der Waals surface area contributed by atoms with Gasteiger partial charge in [0.15, 0.2) is 5.82 Å². The largest absolute Gasteiger partial charge is 0.381 e. The number of nitrogens with zero attached hydrogens (tertiary/aromatic N) is 2. The third-order valence-corrected chi connectivity index (χ3v) is 3.88. The van der Waals surface area contributed by atoms with Gasteiger partial charge in [-0.2, -0.15) is 0 Å². The minimum absolute atomic E-state index is 0.0850. The van der Waals surface area contributed by atoms with Gasteiger partial charge in [-0.05, 0) is 17.5 Å². The van der Waals surface area contributed by atoms with Crippen LogP contribution in [0.5, 0.6) is 0 Å². The van der Waals surface area contributed by atoms with Gasteiger partial charge < -0.3 is 11.1 Å². The lowest BCUT2D eigenvalue weighted by atomic mass is 10.0. The Morgan fingerprint density at radius 3 is 2.71 bits per heavy atom. The summed E-state index contributed by atoms with van der Waals surface area (Å²) in [5.74, 6) is 0.857. The molecule has 1 aromatic carbocycles. The van der Waals surface area contributed by atoms with Crippen molar-refractivity contribution in [2.45, 2.75) is 24.8 Å². The first kappa shape index (κ1) is 15.3. The monoisotopic (exact) mass is 302 g/mol. The second kappa shape index (κ2) is 7.08. The average Bonchev–Trinajstić information content (AvgIpc) is 2.47. The third kappa shape index (κ3) is 4.19. The van der Waals surface area contributed by atoms with Crippen LogP contribution in [0.15, 0.2) is 41.7 Å². The standard InChI is InChI=1S/C15H18N4OS/c1-10(2)11-5-3-4-6-12(11)19-13(20)9-21-15-14(16)17-7-8-18-15/h3-8,10H,9H2,1-2H3,(H2,16,17)(H,19,20). The van der Waals surface area contributed by atoms with E-state index in [9.17, 15) is 4.79 Å². The van der Waals surface area contributed by atoms with Crippen molar-refractivity contribution in [1.29, 1.82) is 0 Å². The molecular formula is C15H18N4OS. The number of hydrogen-bond acceptors (Lipinski definition) is 5. The number of benzene rings is 1. The number of thioether (sulfide) groups is 1. The summed E-state index contributed by atoms with van der Waals surface area (Å²) in [5.41, 5.74) is 7.67. The molecule has 0 aliphatic carbocycles. The van der Waals surface area contributed by atoms with Crippen LogP contribution in [0.3, 0.4) is 0 Å². The number of carbonyl (C=O) groups excluding carboxylic acids is 1. The van der Waals surface area contributed by atoms with Crippen molar-refractivity contribution >= 4 is 29.2 Å². The number of amides is 1. The summed E-state index contributed by atoms with van der Waals surface area (Å²) in [6.07, 6.45) is 3.09. The van der Waals surface area contributed by atoms with Crippen LogP contribution in [0.2, 0.25) is 0 Å². The predicted octanol–water partition coefficient (Wildman–Crippen LogP) is 2.91. The van der Waals surface area contributed by atoms with E-state index in [2.05, 4.69) is 29.1 Å². The molecule has 0 saturated carbocycles. The van der Waals surface area contributed by atoms with E-state index in [0.29, 0.717) is 16.8 Å². The van der Waals surface area contributed by atoms with Crippen molar-refractivity contribution in [2.75, 3.05) is 16.8 Å². The molecule has 1 amide bonds. The summed E-state index contributed by atoms with van der Waals surface area (Å²) in [6.45, 7) is 4.19. The number of hydrogen-bond donors (Lipinski definition) is 2. The van der Waals surface area contributed by atoms with Gasteiger partial charge in [0, 0.05) is 18.1 Å². The van der Waals surface area contributed by atoms with Crippen molar-refractivity contribution in [3.63, 3.8) is 0 Å². The first-order chi connectivity index (χ1) is 10.1. The van der Waals surface area contributed by atoms with Crippen LogP contribution < -0.4 is 11.1 Å². The zero-order valence-electron chi connectivity index (χ0n) is 12.0. The van der Waals surface area contributed by atoms with Crippen molar-refractivity contribution < 1.29 is 4.79 Å². The molecule has 110 valence electrons. The molecule has 5 nitrogen and oxygen atoms in total. The Balaban J connectivity index is 1.98. The molecule has 0 saturated heterocycles. The molecular weight excluding hydrogens is 284 g/mol. The number of nitrogens with one attached hydrogen (secondary N) is 1. The first-order valence-corrected chi connectivity index (χ1v) is 7.64. The summed E-state index contributed by atoms with van der Waals surface area (Å²) < 4.78 is 0. The lowest BCUT2D eigenvalue weighted by molar-refractivity contribution is -0.113. The molecule has 0 bridgehead atoms. The Morgan fingerprint density at radius 1 is 1.29 bits per heavy atom. The quantitative estimate of drug-likeness (QED) is 0.830. The van der Waals surface area contributed by atoms with Crippen molar-refractivity contribution in [3.05, 3.63) is 42.2 Å². The first-order valence-electron chi connectivity index (χ1n) is 6.66. The molecule has 3 N–H and O–H groups in total. The van der Waals surface area contributed by atoms with E-state index in [0.717, 1.165) is 11.3 Å². The maximum absolute atomic E-state index is 12.1. The number of rotatable bonds is 5. The molecule has 1 heterocycles. The van der Waals surface area contributed by atoms with Crippen LogP contribution >= 0.6 is 11.8 Å². The molecule has 1 aromatic heterocycles. The van der Waals surface area contributed by atoms with E-state index in [1.54, 1.807) is 6.20 Å². The van der Waals surface area contributed by atoms with Crippen molar-refractivity contribution in [2.24, 2.45) is 0 Å². The van der Waals surface area contributed by atoms with Crippen LogP contribution in [0.1, 0.15) is 25.3 Å². The molecule has 21 heavy (non-hydrogen) atoms. The Bertz CT molecular complexity index is 631. The Kier molecular flexibility index (Phi) is 5.16. The average molecular weight is 302 g/mol. The highest BCUT2D eigenvalue weighted by Gasteiger charge is 2.10. The molecule has 0 aliphatic rings. The number of anilines is 2. The number of para-hydroxylation sites is 1. The van der Waals surface area contributed by atoms with Gasteiger partial charge in [-0.15, -0.1) is 0 Å². The lowest BCUT2D eigenvalue weighted by Gasteiger charge is -2.13. The Hall–Kier alpha value is -2.08. The summed E-state index contributed by atoms with van der Waals surface area (Å²) in [5, 5.41) is 3.51. The molecule has 0 unspecified atom stereocenters. The van der Waals surface area contributed by atoms with E-state index < -0.39 is 0 Å². The van der Waals surface area contributed by atoms with Gasteiger partial charge in [-0.1, -0.05) is 43.8 Å². The van der Waals surface area contributed by atoms with Gasteiger partial charge in [-0.3, -0.25) is 4.79 Å². The normalized spacial score (nSPS) is 10.6. The maximum Gasteiger partial charge on any atom is 0.234 e. The smallest absolute Gasteiger partial charge is 0.234 e. The number of carbonyl (C=O) groups is 1. The summed E-state index contributed by atoms with van der Waals surface area (Å²) in [6, 6.07) is 7.82. The van der Waals surface area contributed by atoms with E-state index >= 15 is 0 Å². The van der Waals surface area contributed by atoms with Crippen LogP contribution in [0.25, 0.3) is 0 Å². The molecule has 6 heteroatoms. The summed E-state index contributed by atoms with van der Waals surface area (Å²) in [4.78, 5) is 20.1. The summed E-state index contributed by atoms with van der Waals surface area (Å²) >= 11 is 1.28. The van der Waals surface area contributed by atoms with E-state index in [-0.39, 0.29) is 11.7 Å². The van der Waals surface area contributed by atoms with Gasteiger partial charge in [0.2, 0.25) is 5.91 Å². The molecule has 0 radical (unpaired) electrons. The predicted molar refractivity (Wildman–Crippen MR) is 86.3 cm³/mol. The topological polar surface area (TPSA) is 80.9 Å². The van der Waals surface area contributed by atoms with Crippen LogP contribution in [-0.2, 0) is 4.79 Å². The number of nitrogens with two attached hydrogens (primary N) is 1. The van der Waals surface area contributed by atoms with E-state index in [1.165, 1.54) is 18.0 Å². The SMILES string of the molecule is CC(C)c1ccccc1NC(=O)CSc1nccnc1N. The third-order valence-electron chi connectivity index (χ3n) is 2.89. The fourth-order valence-electron chi connectivity index (χ4n) is 1.88. The molecule has 0 spiro atoms. The van der Waals surface area contributed by atoms with E-state index in [1.807, 2.05) is 24.3 Å². The maximum atomic E-state index is 12.1. The minimum atomic E-state index is -0.0850. The van der Waals surface area contributed by atoms with E-state index in [4.69, 9.17) is 5.73 Å². The van der Waals surface area contributed by atoms with Crippen molar-refractivity contribution in [1.82, 2.24) is 9.97 Å². The number of nitrogen functional groups attached to an aromatic ring is 1. The second-order valence-corrected chi connectivity index (χ2v) is 5.79. The van der Waals surface area contributed by atoms with Gasteiger partial charge in [-0.25, -0.2) is 9.97 Å². The molecule has 2 rings (SSSR count). The van der Waals surface area contributed by atoms with Gasteiger partial charge in [0.25, 0.3) is 0 Å². The zero-order chi connectivity index (χ0) is 15.2. The second-order valence-electron chi connectivity index (χ2n) is 4.83. The molecule has 0 fully saturated rings. The summed E-state index contributed by atoms with van der Waals surface area (Å²) in [7, 11) is 0. The van der Waals surface area contributed by atoms with Crippen molar-refractivity contribution in [3.8, 4) is 0 Å². The highest BCUT2D eigenvalue weighted by atomic mass is 32.2. The van der Waals surface area contributed by atoms with Gasteiger partial charge in [0.1, 0.15) is 5.03 Å². The zero-order valence-corrected chi connectivity index (χ0v) is 12.9. The molecule has 0 atom stereocenters. The van der Waals surface area contributed by atoms with Crippen LogP contribution in [-0.4, -0.2) is 21.6 Å². The minimum Gasteiger partial charge on any atom is -0.381 e. The van der Waals surface area contributed by atoms with Crippen LogP contribution in [0, 0.1) is 0 Å². The molecule has 0 aliphatic heterocycles. The fourth-order valence-corrected chi connectivity index (χ4v) is 2.56. The van der Waals surface area contributed by atoms with Gasteiger partial charge >= 0.3 is 0 Å². The number of aromatic nitrogens is 2. The van der Waals surface area contributed by atoms with Crippen LogP contribution in [0.4, 0.5) is 11.5 Å². The fraction of sp³-hybridized carbons (Fsp3) is 0.267. The highest BCUT2D eigenvalue weighted by Crippen LogP contribution is 2.24.